The average molecular weight is 450 g/mol. The molecule has 1 amide bonds. The van der Waals surface area contributed by atoms with Crippen LogP contribution >= 0.6 is 15.9 Å². The molecular weight excluding hydrogens is 434 g/mol. The summed E-state index contributed by atoms with van der Waals surface area (Å²) in [6, 6.07) is 21.6. The lowest BCUT2D eigenvalue weighted by Gasteiger charge is -2.12. The molecule has 1 aromatic heterocycles. The Morgan fingerprint density at radius 2 is 1.79 bits per heavy atom. The zero-order valence-electron chi connectivity index (χ0n) is 15.2. The van der Waals surface area contributed by atoms with E-state index < -0.39 is 0 Å². The lowest BCUT2D eigenvalue weighted by molar-refractivity contribution is -0.118. The summed E-state index contributed by atoms with van der Waals surface area (Å²) in [5.41, 5.74) is 1.62. The van der Waals surface area contributed by atoms with E-state index in [0.29, 0.717) is 33.7 Å². The zero-order valence-corrected chi connectivity index (χ0v) is 16.8. The van der Waals surface area contributed by atoms with E-state index in [9.17, 15) is 9.59 Å². The van der Waals surface area contributed by atoms with Crippen LogP contribution in [0.3, 0.4) is 0 Å². The first-order valence-electron chi connectivity index (χ1n) is 8.87. The van der Waals surface area contributed by atoms with Crippen LogP contribution in [-0.4, -0.2) is 22.5 Å². The van der Waals surface area contributed by atoms with Gasteiger partial charge in [-0.05, 0) is 42.5 Å². The number of nitrogens with zero attached hydrogens (tertiary/aromatic N) is 1. The Morgan fingerprint density at radius 3 is 2.62 bits per heavy atom. The topological polar surface area (TPSA) is 84.1 Å². The molecule has 0 aliphatic rings. The summed E-state index contributed by atoms with van der Waals surface area (Å²) in [5, 5.41) is 3.28. The highest BCUT2D eigenvalue weighted by Crippen LogP contribution is 2.31. The highest BCUT2D eigenvalue weighted by atomic mass is 79.9. The molecule has 1 heterocycles. The summed E-state index contributed by atoms with van der Waals surface area (Å²) >= 11 is 3.43. The molecule has 6 nitrogen and oxygen atoms in total. The highest BCUT2D eigenvalue weighted by Gasteiger charge is 2.13. The first kappa shape index (κ1) is 18.9. The number of anilines is 1. The predicted molar refractivity (Wildman–Crippen MR) is 116 cm³/mol. The summed E-state index contributed by atoms with van der Waals surface area (Å²) in [4.78, 5) is 32.0. The van der Waals surface area contributed by atoms with Crippen LogP contribution in [-0.2, 0) is 4.79 Å². The third kappa shape index (κ3) is 4.35. The summed E-state index contributed by atoms with van der Waals surface area (Å²) in [6.07, 6.45) is 0. The van der Waals surface area contributed by atoms with E-state index in [-0.39, 0.29) is 18.1 Å². The van der Waals surface area contributed by atoms with Gasteiger partial charge in [0.2, 0.25) is 0 Å². The number of aromatic amines is 1. The van der Waals surface area contributed by atoms with Gasteiger partial charge in [0.1, 0.15) is 11.6 Å². The van der Waals surface area contributed by atoms with Gasteiger partial charge in [0.05, 0.1) is 16.5 Å². The molecule has 0 aliphatic heterocycles. The second-order valence-corrected chi connectivity index (χ2v) is 7.19. The van der Waals surface area contributed by atoms with Crippen molar-refractivity contribution in [2.75, 3.05) is 11.9 Å². The molecule has 4 rings (SSSR count). The monoisotopic (exact) mass is 449 g/mol. The van der Waals surface area contributed by atoms with E-state index in [2.05, 4.69) is 31.2 Å². The Hall–Kier alpha value is -3.45. The minimum Gasteiger partial charge on any atom is -0.483 e. The Balaban J connectivity index is 1.61. The van der Waals surface area contributed by atoms with Gasteiger partial charge in [-0.3, -0.25) is 9.59 Å². The molecule has 0 saturated heterocycles. The molecular formula is C22H16BrN3O3. The molecule has 0 unspecified atom stereocenters. The number of halogens is 1. The van der Waals surface area contributed by atoms with Gasteiger partial charge in [-0.15, -0.1) is 0 Å². The number of H-pyrrole nitrogens is 1. The van der Waals surface area contributed by atoms with Crippen molar-refractivity contribution in [3.63, 3.8) is 0 Å². The largest absolute Gasteiger partial charge is 0.483 e. The fraction of sp³-hybridized carbons (Fsp3) is 0.0455. The number of fused-ring (bicyclic) bond motifs is 1. The van der Waals surface area contributed by atoms with Crippen molar-refractivity contribution >= 4 is 38.4 Å². The smallest absolute Gasteiger partial charge is 0.262 e. The maximum Gasteiger partial charge on any atom is 0.262 e. The number of hydrogen-bond donors (Lipinski definition) is 2. The summed E-state index contributed by atoms with van der Waals surface area (Å²) < 4.78 is 6.53. The van der Waals surface area contributed by atoms with E-state index in [1.807, 2.05) is 24.3 Å². The van der Waals surface area contributed by atoms with E-state index in [1.165, 1.54) is 0 Å². The van der Waals surface area contributed by atoms with Crippen molar-refractivity contribution in [1.29, 1.82) is 0 Å². The number of aromatic nitrogens is 2. The van der Waals surface area contributed by atoms with Crippen LogP contribution in [0, 0.1) is 0 Å². The summed E-state index contributed by atoms with van der Waals surface area (Å²) in [6.45, 7) is -0.179. The van der Waals surface area contributed by atoms with Gasteiger partial charge in [0.25, 0.3) is 11.5 Å². The molecule has 0 fully saturated rings. The lowest BCUT2D eigenvalue weighted by atomic mass is 10.1. The zero-order chi connectivity index (χ0) is 20.2. The fourth-order valence-electron chi connectivity index (χ4n) is 2.89. The number of carbonyl (C=O) groups excluding carboxylic acids is 1. The normalized spacial score (nSPS) is 10.7. The molecule has 0 aliphatic carbocycles. The number of rotatable bonds is 5. The third-order valence-electron chi connectivity index (χ3n) is 4.23. The van der Waals surface area contributed by atoms with Gasteiger partial charge < -0.3 is 15.0 Å². The minimum absolute atomic E-state index is 0.179. The van der Waals surface area contributed by atoms with Crippen LogP contribution in [0.2, 0.25) is 0 Å². The summed E-state index contributed by atoms with van der Waals surface area (Å²) in [5.74, 6) is 0.522. The molecule has 0 radical (unpaired) electrons. The van der Waals surface area contributed by atoms with Crippen molar-refractivity contribution in [3.05, 3.63) is 87.6 Å². The molecule has 144 valence electrons. The number of amides is 1. The average Bonchev–Trinajstić information content (AvgIpc) is 2.73. The standard InChI is InChI=1S/C22H16BrN3O3/c23-14-10-11-19(29-13-20(27)24-15-6-2-1-3-7-15)17(12-14)21-25-18-9-5-4-8-16(18)22(28)26-21/h1-12H,13H2,(H,24,27)(H,25,26,28). The van der Waals surface area contributed by atoms with Gasteiger partial charge in [-0.1, -0.05) is 46.3 Å². The van der Waals surface area contributed by atoms with Gasteiger partial charge in [0.15, 0.2) is 6.61 Å². The van der Waals surface area contributed by atoms with E-state index >= 15 is 0 Å². The van der Waals surface area contributed by atoms with Gasteiger partial charge in [-0.2, -0.15) is 0 Å². The van der Waals surface area contributed by atoms with Crippen molar-refractivity contribution in [1.82, 2.24) is 9.97 Å². The quantitative estimate of drug-likeness (QED) is 0.473. The van der Waals surface area contributed by atoms with Crippen LogP contribution in [0.5, 0.6) is 5.75 Å². The fourth-order valence-corrected chi connectivity index (χ4v) is 3.25. The van der Waals surface area contributed by atoms with Crippen LogP contribution in [0.4, 0.5) is 5.69 Å². The molecule has 0 bridgehead atoms. The highest BCUT2D eigenvalue weighted by molar-refractivity contribution is 9.10. The molecule has 4 aromatic rings. The molecule has 0 spiro atoms. The Labute approximate surface area is 174 Å². The minimum atomic E-state index is -0.287. The Bertz CT molecular complexity index is 1240. The second kappa shape index (κ2) is 8.28. The molecule has 7 heteroatoms. The van der Waals surface area contributed by atoms with Crippen molar-refractivity contribution in [3.8, 4) is 17.1 Å². The van der Waals surface area contributed by atoms with Crippen LogP contribution < -0.4 is 15.6 Å². The van der Waals surface area contributed by atoms with E-state index in [0.717, 1.165) is 4.47 Å². The van der Waals surface area contributed by atoms with Crippen LogP contribution in [0.25, 0.3) is 22.3 Å². The maximum absolute atomic E-state index is 12.4. The van der Waals surface area contributed by atoms with Gasteiger partial charge >= 0.3 is 0 Å². The van der Waals surface area contributed by atoms with Gasteiger partial charge in [-0.25, -0.2) is 4.98 Å². The Kier molecular flexibility index (Phi) is 5.39. The number of ether oxygens (including phenoxy) is 1. The maximum atomic E-state index is 12.4. The van der Waals surface area contributed by atoms with Gasteiger partial charge in [0, 0.05) is 10.2 Å². The number of carbonyl (C=O) groups is 1. The number of nitrogens with one attached hydrogen (secondary N) is 2. The van der Waals surface area contributed by atoms with E-state index in [4.69, 9.17) is 4.74 Å². The van der Waals surface area contributed by atoms with Crippen molar-refractivity contribution in [2.45, 2.75) is 0 Å². The van der Waals surface area contributed by atoms with Crippen molar-refractivity contribution < 1.29 is 9.53 Å². The first-order chi connectivity index (χ1) is 14.1. The van der Waals surface area contributed by atoms with Crippen molar-refractivity contribution in [2.24, 2.45) is 0 Å². The second-order valence-electron chi connectivity index (χ2n) is 6.28. The van der Waals surface area contributed by atoms with E-state index in [1.54, 1.807) is 48.5 Å². The van der Waals surface area contributed by atoms with Crippen LogP contribution in [0.15, 0.2) is 82.1 Å². The first-order valence-corrected chi connectivity index (χ1v) is 9.66. The number of para-hydroxylation sites is 2. The lowest BCUT2D eigenvalue weighted by Crippen LogP contribution is -2.20. The number of hydrogen-bond acceptors (Lipinski definition) is 4. The molecule has 0 saturated carbocycles. The number of benzene rings is 3. The molecule has 3 aromatic carbocycles. The predicted octanol–water partition coefficient (Wildman–Crippen LogP) is 4.37. The Morgan fingerprint density at radius 1 is 1.03 bits per heavy atom. The van der Waals surface area contributed by atoms with Crippen LogP contribution in [0.1, 0.15) is 0 Å². The molecule has 2 N–H and O–H groups in total. The third-order valence-corrected chi connectivity index (χ3v) is 4.72. The molecule has 0 atom stereocenters. The molecule has 29 heavy (non-hydrogen) atoms. The SMILES string of the molecule is O=C(COc1ccc(Br)cc1-c1nc2ccccc2c(=O)[nH]1)Nc1ccccc1. The summed E-state index contributed by atoms with van der Waals surface area (Å²) in [7, 11) is 0.